The number of ether oxygens (including phenoxy) is 1. The van der Waals surface area contributed by atoms with Crippen LogP contribution in [0.4, 0.5) is 11.4 Å². The zero-order chi connectivity index (χ0) is 20.0. The van der Waals surface area contributed by atoms with Gasteiger partial charge in [-0.15, -0.1) is 0 Å². The van der Waals surface area contributed by atoms with E-state index in [2.05, 4.69) is 5.32 Å². The molecule has 0 saturated carbocycles. The zero-order valence-electron chi connectivity index (χ0n) is 16.2. The molecular formula is C20H26N2O4S. The highest BCUT2D eigenvalue weighted by Crippen LogP contribution is 2.22. The number of rotatable bonds is 8. The van der Waals surface area contributed by atoms with Crippen molar-refractivity contribution in [3.05, 3.63) is 53.6 Å². The van der Waals surface area contributed by atoms with Crippen molar-refractivity contribution >= 4 is 27.3 Å². The maximum atomic E-state index is 12.2. The molecule has 0 atom stereocenters. The first-order valence-corrected chi connectivity index (χ1v) is 10.5. The lowest BCUT2D eigenvalue weighted by atomic mass is 10.1. The van der Waals surface area contributed by atoms with Crippen molar-refractivity contribution in [3.8, 4) is 5.75 Å². The molecule has 7 heteroatoms. The fourth-order valence-corrected chi connectivity index (χ4v) is 3.63. The van der Waals surface area contributed by atoms with E-state index < -0.39 is 10.0 Å². The highest BCUT2D eigenvalue weighted by Gasteiger charge is 2.17. The number of nitrogens with one attached hydrogen (secondary N) is 1. The van der Waals surface area contributed by atoms with Gasteiger partial charge in [0.05, 0.1) is 19.1 Å². The largest absolute Gasteiger partial charge is 0.497 e. The van der Waals surface area contributed by atoms with Crippen LogP contribution in [0.25, 0.3) is 0 Å². The number of hydrogen-bond donors (Lipinski definition) is 1. The SMILES string of the molecule is COc1ccc(N(CCCC(=O)Nc2ccc(C)c(C)c2)S(C)(=O)=O)cc1. The molecule has 0 aliphatic heterocycles. The Bertz CT molecular complexity index is 893. The Labute approximate surface area is 161 Å². The van der Waals surface area contributed by atoms with Crippen molar-refractivity contribution in [2.24, 2.45) is 0 Å². The fraction of sp³-hybridized carbons (Fsp3) is 0.350. The molecule has 0 aromatic heterocycles. The van der Waals surface area contributed by atoms with Gasteiger partial charge in [0, 0.05) is 18.7 Å². The van der Waals surface area contributed by atoms with Gasteiger partial charge in [-0.25, -0.2) is 8.42 Å². The summed E-state index contributed by atoms with van der Waals surface area (Å²) in [6.07, 6.45) is 1.80. The number of methoxy groups -OCH3 is 1. The highest BCUT2D eigenvalue weighted by molar-refractivity contribution is 7.92. The number of aryl methyl sites for hydroxylation is 2. The van der Waals surface area contributed by atoms with Crippen LogP contribution in [-0.2, 0) is 14.8 Å². The lowest BCUT2D eigenvalue weighted by Gasteiger charge is -2.22. The standard InChI is InChI=1S/C20H26N2O4S/c1-15-7-8-17(14-16(15)2)21-20(23)6-5-13-22(27(4,24)25)18-9-11-19(26-3)12-10-18/h7-12,14H,5-6,13H2,1-4H3,(H,21,23). The predicted molar refractivity (Wildman–Crippen MR) is 109 cm³/mol. The molecule has 0 radical (unpaired) electrons. The minimum Gasteiger partial charge on any atom is -0.497 e. The molecule has 146 valence electrons. The molecule has 6 nitrogen and oxygen atoms in total. The molecule has 0 spiro atoms. The zero-order valence-corrected chi connectivity index (χ0v) is 17.0. The normalized spacial score (nSPS) is 11.1. The van der Waals surface area contributed by atoms with Crippen molar-refractivity contribution in [2.75, 3.05) is 29.5 Å². The Balaban J connectivity index is 1.96. The lowest BCUT2D eigenvalue weighted by Crippen LogP contribution is -2.31. The summed E-state index contributed by atoms with van der Waals surface area (Å²) in [7, 11) is -1.89. The Morgan fingerprint density at radius 2 is 1.74 bits per heavy atom. The van der Waals surface area contributed by atoms with E-state index >= 15 is 0 Å². The molecule has 2 rings (SSSR count). The first-order valence-electron chi connectivity index (χ1n) is 8.69. The summed E-state index contributed by atoms with van der Waals surface area (Å²) in [6.45, 7) is 4.23. The summed E-state index contributed by atoms with van der Waals surface area (Å²) in [5.74, 6) is 0.515. The number of benzene rings is 2. The first kappa shape index (κ1) is 20.8. The molecule has 0 bridgehead atoms. The summed E-state index contributed by atoms with van der Waals surface area (Å²) in [4.78, 5) is 12.2. The summed E-state index contributed by atoms with van der Waals surface area (Å²) in [5, 5.41) is 2.85. The average molecular weight is 391 g/mol. The van der Waals surface area contributed by atoms with Crippen LogP contribution in [0.5, 0.6) is 5.75 Å². The van der Waals surface area contributed by atoms with Gasteiger partial charge in [0.1, 0.15) is 5.75 Å². The third-order valence-electron chi connectivity index (χ3n) is 4.32. The van der Waals surface area contributed by atoms with Crippen LogP contribution >= 0.6 is 0 Å². The number of anilines is 2. The van der Waals surface area contributed by atoms with E-state index in [4.69, 9.17) is 4.74 Å². The van der Waals surface area contributed by atoms with Gasteiger partial charge in [-0.2, -0.15) is 0 Å². The number of nitrogens with zero attached hydrogens (tertiary/aromatic N) is 1. The topological polar surface area (TPSA) is 75.7 Å². The monoisotopic (exact) mass is 390 g/mol. The van der Waals surface area contributed by atoms with Crippen LogP contribution < -0.4 is 14.4 Å². The molecule has 0 saturated heterocycles. The van der Waals surface area contributed by atoms with E-state index in [1.165, 1.54) is 4.31 Å². The maximum Gasteiger partial charge on any atom is 0.232 e. The van der Waals surface area contributed by atoms with Crippen molar-refractivity contribution in [3.63, 3.8) is 0 Å². The van der Waals surface area contributed by atoms with Gasteiger partial charge in [-0.1, -0.05) is 6.07 Å². The molecule has 27 heavy (non-hydrogen) atoms. The van der Waals surface area contributed by atoms with Gasteiger partial charge >= 0.3 is 0 Å². The van der Waals surface area contributed by atoms with E-state index in [1.807, 2.05) is 32.0 Å². The van der Waals surface area contributed by atoms with Crippen LogP contribution in [-0.4, -0.2) is 34.2 Å². The fourth-order valence-electron chi connectivity index (χ4n) is 2.66. The Morgan fingerprint density at radius 1 is 1.07 bits per heavy atom. The first-order chi connectivity index (χ1) is 12.7. The quantitative estimate of drug-likeness (QED) is 0.749. The van der Waals surface area contributed by atoms with E-state index in [9.17, 15) is 13.2 Å². The van der Waals surface area contributed by atoms with Crippen LogP contribution in [0, 0.1) is 13.8 Å². The van der Waals surface area contributed by atoms with Crippen molar-refractivity contribution in [1.82, 2.24) is 0 Å². The number of hydrogen-bond acceptors (Lipinski definition) is 4. The Hall–Kier alpha value is -2.54. The second-order valence-corrected chi connectivity index (χ2v) is 8.39. The number of sulfonamides is 1. The molecule has 2 aromatic rings. The second kappa shape index (κ2) is 8.90. The molecule has 0 fully saturated rings. The summed E-state index contributed by atoms with van der Waals surface area (Å²) >= 11 is 0. The third kappa shape index (κ3) is 5.99. The van der Waals surface area contributed by atoms with Crippen LogP contribution in [0.3, 0.4) is 0 Å². The van der Waals surface area contributed by atoms with Gasteiger partial charge in [0.2, 0.25) is 15.9 Å². The van der Waals surface area contributed by atoms with Gasteiger partial charge in [0.15, 0.2) is 0 Å². The maximum absolute atomic E-state index is 12.2. The van der Waals surface area contributed by atoms with Crippen LogP contribution in [0.15, 0.2) is 42.5 Å². The molecule has 2 aromatic carbocycles. The molecule has 0 unspecified atom stereocenters. The van der Waals surface area contributed by atoms with Gasteiger partial charge in [0.25, 0.3) is 0 Å². The molecular weight excluding hydrogens is 364 g/mol. The van der Waals surface area contributed by atoms with Gasteiger partial charge in [-0.05, 0) is 67.8 Å². The predicted octanol–water partition coefficient (Wildman–Crippen LogP) is 3.50. The number of carbonyl (C=O) groups excluding carboxylic acids is 1. The van der Waals surface area contributed by atoms with Crippen molar-refractivity contribution in [2.45, 2.75) is 26.7 Å². The van der Waals surface area contributed by atoms with Gasteiger partial charge in [-0.3, -0.25) is 9.10 Å². The summed E-state index contributed by atoms with van der Waals surface area (Å²) < 4.78 is 30.6. The molecule has 0 aliphatic carbocycles. The van der Waals surface area contributed by atoms with E-state index in [0.717, 1.165) is 23.1 Å². The molecule has 1 amide bonds. The lowest BCUT2D eigenvalue weighted by molar-refractivity contribution is -0.116. The third-order valence-corrected chi connectivity index (χ3v) is 5.51. The second-order valence-electron chi connectivity index (χ2n) is 6.48. The number of carbonyl (C=O) groups is 1. The van der Waals surface area contributed by atoms with Crippen molar-refractivity contribution in [1.29, 1.82) is 0 Å². The minimum absolute atomic E-state index is 0.138. The summed E-state index contributed by atoms with van der Waals surface area (Å²) in [6, 6.07) is 12.5. The number of amides is 1. The minimum atomic E-state index is -3.44. The smallest absolute Gasteiger partial charge is 0.232 e. The Morgan fingerprint density at radius 3 is 2.30 bits per heavy atom. The molecule has 1 N–H and O–H groups in total. The molecule has 0 aliphatic rings. The summed E-state index contributed by atoms with van der Waals surface area (Å²) in [5.41, 5.74) is 3.57. The van der Waals surface area contributed by atoms with E-state index in [-0.39, 0.29) is 18.9 Å². The van der Waals surface area contributed by atoms with E-state index in [1.54, 1.807) is 31.4 Å². The average Bonchev–Trinajstić information content (AvgIpc) is 2.61. The highest BCUT2D eigenvalue weighted by atomic mass is 32.2. The van der Waals surface area contributed by atoms with Crippen LogP contribution in [0.1, 0.15) is 24.0 Å². The molecule has 0 heterocycles. The van der Waals surface area contributed by atoms with Crippen LogP contribution in [0.2, 0.25) is 0 Å². The van der Waals surface area contributed by atoms with Gasteiger partial charge < -0.3 is 10.1 Å². The Kier molecular flexibility index (Phi) is 6.85. The van der Waals surface area contributed by atoms with E-state index in [0.29, 0.717) is 17.9 Å². The van der Waals surface area contributed by atoms with Crippen molar-refractivity contribution < 1.29 is 17.9 Å².